The Morgan fingerprint density at radius 2 is 2.06 bits per heavy atom. The van der Waals surface area contributed by atoms with Gasteiger partial charge in [0, 0.05) is 18.5 Å². The molecule has 7 nitrogen and oxygen atoms in total. The number of aryl methyl sites for hydroxylation is 1. The summed E-state index contributed by atoms with van der Waals surface area (Å²) >= 11 is 8.12. The monoisotopic (exact) mass is 516 g/mol. The van der Waals surface area contributed by atoms with Crippen molar-refractivity contribution in [2.75, 3.05) is 11.9 Å². The molecule has 0 bridgehead atoms. The Morgan fingerprint density at radius 1 is 1.26 bits per heavy atom. The number of hydrogen-bond acceptors (Lipinski definition) is 8. The van der Waals surface area contributed by atoms with E-state index in [1.165, 1.54) is 42.4 Å². The van der Waals surface area contributed by atoms with Gasteiger partial charge in [0.05, 0.1) is 11.0 Å². The number of hydrogen-bond donors (Lipinski definition) is 1. The third-order valence-corrected chi connectivity index (χ3v) is 8.09. The lowest BCUT2D eigenvalue weighted by molar-refractivity contribution is -0.122. The SMILES string of the molecule is CCc1nnc(NC(=O)CCCN2C(=O)/C(=C/c3ccccc3OC3CCCCC3)SC2=S)s1. The molecule has 1 aromatic carbocycles. The van der Waals surface area contributed by atoms with Crippen LogP contribution in [0.5, 0.6) is 5.75 Å². The number of ether oxygens (including phenoxy) is 1. The second-order valence-corrected chi connectivity index (χ2v) is 11.0. The Morgan fingerprint density at radius 3 is 2.82 bits per heavy atom. The van der Waals surface area contributed by atoms with Gasteiger partial charge in [0.25, 0.3) is 5.91 Å². The molecule has 10 heteroatoms. The first-order valence-corrected chi connectivity index (χ1v) is 13.7. The van der Waals surface area contributed by atoms with Crippen LogP contribution in [0.2, 0.25) is 0 Å². The van der Waals surface area contributed by atoms with Gasteiger partial charge in [-0.15, -0.1) is 10.2 Å². The van der Waals surface area contributed by atoms with E-state index in [0.29, 0.717) is 27.3 Å². The van der Waals surface area contributed by atoms with Gasteiger partial charge in [-0.2, -0.15) is 0 Å². The Hall–Kier alpha value is -2.30. The molecular weight excluding hydrogens is 488 g/mol. The predicted molar refractivity (Wildman–Crippen MR) is 141 cm³/mol. The van der Waals surface area contributed by atoms with E-state index in [1.807, 2.05) is 37.3 Å². The molecule has 2 aliphatic rings. The Bertz CT molecular complexity index is 1080. The molecule has 2 amide bonds. The number of thiocarbonyl (C=S) groups is 1. The van der Waals surface area contributed by atoms with Crippen molar-refractivity contribution in [2.45, 2.75) is 64.4 Å². The van der Waals surface area contributed by atoms with Crippen molar-refractivity contribution in [3.8, 4) is 5.75 Å². The molecule has 1 saturated carbocycles. The van der Waals surface area contributed by atoms with Crippen LogP contribution in [0, 0.1) is 0 Å². The molecule has 1 saturated heterocycles. The summed E-state index contributed by atoms with van der Waals surface area (Å²) in [6.07, 6.45) is 9.48. The molecule has 2 aromatic rings. The lowest BCUT2D eigenvalue weighted by atomic mass is 9.97. The molecule has 2 fully saturated rings. The standard InChI is InChI=1S/C24H28N4O3S3/c1-2-21-26-27-23(34-21)25-20(29)13-8-14-28-22(30)19(33-24(28)32)15-16-9-6-7-12-18(16)31-17-10-4-3-5-11-17/h6-7,9,12,15,17H,2-5,8,10-11,13-14H2,1H3,(H,25,27,29)/b19-15-. The zero-order chi connectivity index (χ0) is 23.9. The number of benzene rings is 1. The van der Waals surface area contributed by atoms with E-state index >= 15 is 0 Å². The van der Waals surface area contributed by atoms with E-state index < -0.39 is 0 Å². The highest BCUT2D eigenvalue weighted by Gasteiger charge is 2.32. The zero-order valence-electron chi connectivity index (χ0n) is 19.1. The quantitative estimate of drug-likeness (QED) is 0.351. The molecule has 1 aliphatic carbocycles. The van der Waals surface area contributed by atoms with Crippen LogP contribution in [0.3, 0.4) is 0 Å². The smallest absolute Gasteiger partial charge is 0.266 e. The second kappa shape index (κ2) is 11.9. The average molecular weight is 517 g/mol. The van der Waals surface area contributed by atoms with E-state index in [-0.39, 0.29) is 24.3 Å². The first kappa shape index (κ1) is 24.8. The maximum Gasteiger partial charge on any atom is 0.266 e. The third-order valence-electron chi connectivity index (χ3n) is 5.73. The summed E-state index contributed by atoms with van der Waals surface area (Å²) in [6.45, 7) is 2.39. The second-order valence-electron chi connectivity index (χ2n) is 8.26. The minimum absolute atomic E-state index is 0.125. The maximum absolute atomic E-state index is 13.0. The van der Waals surface area contributed by atoms with Gasteiger partial charge in [-0.1, -0.05) is 66.9 Å². The molecule has 34 heavy (non-hydrogen) atoms. The van der Waals surface area contributed by atoms with Crippen molar-refractivity contribution < 1.29 is 14.3 Å². The van der Waals surface area contributed by atoms with Gasteiger partial charge in [0.15, 0.2) is 0 Å². The van der Waals surface area contributed by atoms with Crippen molar-refractivity contribution in [1.29, 1.82) is 0 Å². The van der Waals surface area contributed by atoms with Crippen molar-refractivity contribution in [1.82, 2.24) is 15.1 Å². The van der Waals surface area contributed by atoms with E-state index in [1.54, 1.807) is 4.90 Å². The average Bonchev–Trinajstić information content (AvgIpc) is 3.40. The van der Waals surface area contributed by atoms with Crippen LogP contribution in [0.25, 0.3) is 6.08 Å². The Balaban J connectivity index is 1.33. The van der Waals surface area contributed by atoms with Crippen molar-refractivity contribution >= 4 is 62.7 Å². The molecule has 0 unspecified atom stereocenters. The molecule has 1 aliphatic heterocycles. The fourth-order valence-corrected chi connectivity index (χ4v) is 5.93. The fraction of sp³-hybridized carbons (Fsp3) is 0.458. The highest BCUT2D eigenvalue weighted by Crippen LogP contribution is 2.35. The number of nitrogens with one attached hydrogen (secondary N) is 1. The Kier molecular flexibility index (Phi) is 8.69. The highest BCUT2D eigenvalue weighted by atomic mass is 32.2. The van der Waals surface area contributed by atoms with Gasteiger partial charge in [0.1, 0.15) is 15.1 Å². The fourth-order valence-electron chi connectivity index (χ4n) is 3.93. The minimum atomic E-state index is -0.145. The first-order chi connectivity index (χ1) is 16.5. The molecule has 1 N–H and O–H groups in total. The van der Waals surface area contributed by atoms with Crippen LogP contribution in [0.15, 0.2) is 29.2 Å². The number of thioether (sulfide) groups is 1. The van der Waals surface area contributed by atoms with Gasteiger partial charge < -0.3 is 10.1 Å². The normalized spacial score (nSPS) is 18.0. The van der Waals surface area contributed by atoms with E-state index in [9.17, 15) is 9.59 Å². The molecule has 0 radical (unpaired) electrons. The van der Waals surface area contributed by atoms with Crippen LogP contribution < -0.4 is 10.1 Å². The molecule has 180 valence electrons. The van der Waals surface area contributed by atoms with E-state index in [2.05, 4.69) is 15.5 Å². The third kappa shape index (κ3) is 6.43. The van der Waals surface area contributed by atoms with Crippen LogP contribution in [-0.2, 0) is 16.0 Å². The summed E-state index contributed by atoms with van der Waals surface area (Å²) in [4.78, 5) is 27.4. The molecule has 0 spiro atoms. The van der Waals surface area contributed by atoms with Gasteiger partial charge in [-0.3, -0.25) is 14.5 Å². The first-order valence-electron chi connectivity index (χ1n) is 11.7. The number of para-hydroxylation sites is 1. The number of carbonyl (C=O) groups is 2. The Labute approximate surface area is 213 Å². The summed E-state index contributed by atoms with van der Waals surface area (Å²) in [7, 11) is 0. The summed E-state index contributed by atoms with van der Waals surface area (Å²) in [5.41, 5.74) is 0.886. The minimum Gasteiger partial charge on any atom is -0.490 e. The number of rotatable bonds is 9. The maximum atomic E-state index is 13.0. The molecule has 2 heterocycles. The van der Waals surface area contributed by atoms with Crippen molar-refractivity contribution in [3.05, 3.63) is 39.7 Å². The number of aromatic nitrogens is 2. The predicted octanol–water partition coefficient (Wildman–Crippen LogP) is 5.43. The number of anilines is 1. The number of nitrogens with zero attached hydrogens (tertiary/aromatic N) is 3. The summed E-state index contributed by atoms with van der Waals surface area (Å²) in [5, 5.41) is 12.1. The highest BCUT2D eigenvalue weighted by molar-refractivity contribution is 8.26. The van der Waals surface area contributed by atoms with E-state index in [4.69, 9.17) is 17.0 Å². The molecule has 0 atom stereocenters. The molecule has 1 aromatic heterocycles. The summed E-state index contributed by atoms with van der Waals surface area (Å²) in [5.74, 6) is 0.535. The number of carbonyl (C=O) groups excluding carboxylic acids is 2. The lowest BCUT2D eigenvalue weighted by Gasteiger charge is -2.23. The number of amides is 2. The van der Waals surface area contributed by atoms with Crippen molar-refractivity contribution in [2.24, 2.45) is 0 Å². The van der Waals surface area contributed by atoms with Crippen LogP contribution in [0.1, 0.15) is 62.4 Å². The van der Waals surface area contributed by atoms with Crippen LogP contribution in [0.4, 0.5) is 5.13 Å². The summed E-state index contributed by atoms with van der Waals surface area (Å²) < 4.78 is 6.78. The summed E-state index contributed by atoms with van der Waals surface area (Å²) in [6, 6.07) is 7.82. The lowest BCUT2D eigenvalue weighted by Crippen LogP contribution is -2.29. The van der Waals surface area contributed by atoms with Gasteiger partial charge in [0.2, 0.25) is 11.0 Å². The zero-order valence-corrected chi connectivity index (χ0v) is 21.6. The molecular formula is C24H28N4O3S3. The van der Waals surface area contributed by atoms with Gasteiger partial charge in [-0.25, -0.2) is 0 Å². The van der Waals surface area contributed by atoms with Crippen LogP contribution in [-0.4, -0.2) is 43.9 Å². The van der Waals surface area contributed by atoms with E-state index in [0.717, 1.165) is 35.6 Å². The molecule has 4 rings (SSSR count). The van der Waals surface area contributed by atoms with Gasteiger partial charge >= 0.3 is 0 Å². The largest absolute Gasteiger partial charge is 0.490 e. The van der Waals surface area contributed by atoms with Crippen molar-refractivity contribution in [3.63, 3.8) is 0 Å². The topological polar surface area (TPSA) is 84.4 Å². The van der Waals surface area contributed by atoms with Gasteiger partial charge in [-0.05, 0) is 50.7 Å². The van der Waals surface area contributed by atoms with Crippen LogP contribution >= 0.6 is 35.3 Å².